The number of nitrogens with one attached hydrogen (secondary N) is 1. The van der Waals surface area contributed by atoms with E-state index in [1.165, 1.54) is 67.7 Å². The third kappa shape index (κ3) is 7.64. The van der Waals surface area contributed by atoms with Gasteiger partial charge < -0.3 is 19.7 Å². The molecule has 0 radical (unpaired) electrons. The SMILES string of the molecule is COc1ccc(N(CC(=O)N(Cc2ccc(F)cc2)[C@@H](C)C(=O)NC2CCCC2)S(=O)(=O)c2ccc(C)cc2)cc1OC. The Kier molecular flexibility index (Phi) is 10.3. The average Bonchev–Trinajstić information content (AvgIpc) is 3.52. The van der Waals surface area contributed by atoms with E-state index in [1.807, 2.05) is 6.92 Å². The lowest BCUT2D eigenvalue weighted by atomic mass is 10.1. The smallest absolute Gasteiger partial charge is 0.264 e. The van der Waals surface area contributed by atoms with Crippen molar-refractivity contribution in [1.82, 2.24) is 10.2 Å². The number of amides is 2. The first kappa shape index (κ1) is 31.8. The summed E-state index contributed by atoms with van der Waals surface area (Å²) in [5, 5.41) is 3.03. The molecule has 0 spiro atoms. The second-order valence-corrected chi connectivity index (χ2v) is 12.5. The van der Waals surface area contributed by atoms with Gasteiger partial charge in [-0.1, -0.05) is 42.7 Å². The number of benzene rings is 3. The Bertz CT molecular complexity index is 1520. The highest BCUT2D eigenvalue weighted by Crippen LogP contribution is 2.34. The minimum absolute atomic E-state index is 0.00204. The summed E-state index contributed by atoms with van der Waals surface area (Å²) in [4.78, 5) is 28.8. The first-order valence-electron chi connectivity index (χ1n) is 14.2. The average molecular weight is 612 g/mol. The first-order chi connectivity index (χ1) is 20.5. The van der Waals surface area contributed by atoms with Gasteiger partial charge in [-0.15, -0.1) is 0 Å². The summed E-state index contributed by atoms with van der Waals surface area (Å²) < 4.78 is 53.5. The summed E-state index contributed by atoms with van der Waals surface area (Å²) in [7, 11) is -1.35. The molecule has 11 heteroatoms. The topological polar surface area (TPSA) is 105 Å². The fourth-order valence-electron chi connectivity index (χ4n) is 5.11. The number of carbonyl (C=O) groups excluding carboxylic acids is 2. The summed E-state index contributed by atoms with van der Waals surface area (Å²) in [6, 6.07) is 15.6. The van der Waals surface area contributed by atoms with Gasteiger partial charge in [-0.3, -0.25) is 13.9 Å². The van der Waals surface area contributed by atoms with Gasteiger partial charge in [0.05, 0.1) is 24.8 Å². The lowest BCUT2D eigenvalue weighted by Gasteiger charge is -2.32. The molecule has 0 heterocycles. The highest BCUT2D eigenvalue weighted by Gasteiger charge is 2.33. The molecule has 1 N–H and O–H groups in total. The molecule has 1 saturated carbocycles. The van der Waals surface area contributed by atoms with Gasteiger partial charge in [0.15, 0.2) is 11.5 Å². The normalized spacial score (nSPS) is 14.2. The van der Waals surface area contributed by atoms with Crippen molar-refractivity contribution in [2.24, 2.45) is 0 Å². The molecule has 3 aromatic carbocycles. The molecule has 0 aromatic heterocycles. The Morgan fingerprint density at radius 1 is 0.953 bits per heavy atom. The molecule has 2 amide bonds. The molecule has 1 fully saturated rings. The van der Waals surface area contributed by atoms with Crippen LogP contribution in [0.15, 0.2) is 71.6 Å². The summed E-state index contributed by atoms with van der Waals surface area (Å²) in [6.07, 6.45) is 3.78. The monoisotopic (exact) mass is 611 g/mol. The van der Waals surface area contributed by atoms with Gasteiger partial charge in [0, 0.05) is 18.7 Å². The number of carbonyl (C=O) groups is 2. The Morgan fingerprint density at radius 2 is 1.58 bits per heavy atom. The molecule has 43 heavy (non-hydrogen) atoms. The fourth-order valence-corrected chi connectivity index (χ4v) is 6.51. The van der Waals surface area contributed by atoms with Gasteiger partial charge in [0.25, 0.3) is 10.0 Å². The van der Waals surface area contributed by atoms with Crippen molar-refractivity contribution in [3.63, 3.8) is 0 Å². The van der Waals surface area contributed by atoms with Crippen LogP contribution in [-0.4, -0.2) is 58.0 Å². The van der Waals surface area contributed by atoms with E-state index < -0.39 is 34.3 Å². The molecule has 0 bridgehead atoms. The quantitative estimate of drug-likeness (QED) is 0.315. The first-order valence-corrected chi connectivity index (χ1v) is 15.6. The molecule has 1 atom stereocenters. The van der Waals surface area contributed by atoms with E-state index in [9.17, 15) is 22.4 Å². The Hall–Kier alpha value is -4.12. The van der Waals surface area contributed by atoms with E-state index in [0.29, 0.717) is 11.3 Å². The second-order valence-electron chi connectivity index (χ2n) is 10.7. The third-order valence-corrected chi connectivity index (χ3v) is 9.47. The second kappa shape index (κ2) is 13.9. The molecule has 0 aliphatic heterocycles. The van der Waals surface area contributed by atoms with Crippen molar-refractivity contribution in [3.05, 3.63) is 83.7 Å². The predicted molar refractivity (Wildman–Crippen MR) is 162 cm³/mol. The summed E-state index contributed by atoms with van der Waals surface area (Å²) >= 11 is 0. The summed E-state index contributed by atoms with van der Waals surface area (Å²) in [5.74, 6) is -0.702. The molecular weight excluding hydrogens is 573 g/mol. The predicted octanol–water partition coefficient (Wildman–Crippen LogP) is 4.82. The van der Waals surface area contributed by atoms with E-state index in [1.54, 1.807) is 25.1 Å². The van der Waals surface area contributed by atoms with Gasteiger partial charge in [0.1, 0.15) is 18.4 Å². The number of ether oxygens (including phenoxy) is 2. The van der Waals surface area contributed by atoms with Crippen LogP contribution in [-0.2, 0) is 26.2 Å². The zero-order chi connectivity index (χ0) is 31.1. The van der Waals surface area contributed by atoms with Gasteiger partial charge >= 0.3 is 0 Å². The van der Waals surface area contributed by atoms with Crippen LogP contribution in [0.5, 0.6) is 11.5 Å². The van der Waals surface area contributed by atoms with Gasteiger partial charge in [-0.2, -0.15) is 0 Å². The molecule has 9 nitrogen and oxygen atoms in total. The van der Waals surface area contributed by atoms with Crippen molar-refractivity contribution in [3.8, 4) is 11.5 Å². The highest BCUT2D eigenvalue weighted by molar-refractivity contribution is 7.92. The van der Waals surface area contributed by atoms with E-state index in [4.69, 9.17) is 9.47 Å². The summed E-state index contributed by atoms with van der Waals surface area (Å²) in [6.45, 7) is 2.83. The van der Waals surface area contributed by atoms with Crippen LogP contribution in [0.3, 0.4) is 0 Å². The van der Waals surface area contributed by atoms with E-state index in [0.717, 1.165) is 35.6 Å². The van der Waals surface area contributed by atoms with Crippen molar-refractivity contribution in [2.45, 2.75) is 63.1 Å². The molecule has 1 aliphatic rings. The number of halogens is 1. The third-order valence-electron chi connectivity index (χ3n) is 7.68. The maximum Gasteiger partial charge on any atom is 0.264 e. The number of hydrogen-bond donors (Lipinski definition) is 1. The Balaban J connectivity index is 1.72. The number of nitrogens with zero attached hydrogens (tertiary/aromatic N) is 2. The standard InChI is InChI=1S/C32H38FN3O6S/c1-22-9-16-28(17-10-22)43(39,40)36(27-15-18-29(41-3)30(19-27)42-4)21-31(37)35(20-24-11-13-25(33)14-12-24)23(2)32(38)34-26-7-5-6-8-26/h9-19,23,26H,5-8,20-21H2,1-4H3,(H,34,38)/t23-/m0/s1. The van der Waals surface area contributed by atoms with Crippen molar-refractivity contribution < 1.29 is 31.9 Å². The van der Waals surface area contributed by atoms with Crippen molar-refractivity contribution in [2.75, 3.05) is 25.1 Å². The molecule has 0 saturated heterocycles. The van der Waals surface area contributed by atoms with E-state index in [2.05, 4.69) is 5.32 Å². The maximum atomic E-state index is 14.1. The van der Waals surface area contributed by atoms with Crippen LogP contribution in [0.1, 0.15) is 43.7 Å². The minimum atomic E-state index is -4.25. The largest absolute Gasteiger partial charge is 0.493 e. The number of rotatable bonds is 12. The van der Waals surface area contributed by atoms with Crippen molar-refractivity contribution >= 4 is 27.5 Å². The lowest BCUT2D eigenvalue weighted by molar-refractivity contribution is -0.139. The molecule has 230 valence electrons. The van der Waals surface area contributed by atoms with Crippen LogP contribution in [0.2, 0.25) is 0 Å². The number of hydrogen-bond acceptors (Lipinski definition) is 6. The van der Waals surface area contributed by atoms with Crippen LogP contribution in [0.4, 0.5) is 10.1 Å². The highest BCUT2D eigenvalue weighted by atomic mass is 32.2. The Labute approximate surface area is 252 Å². The number of aryl methyl sites for hydroxylation is 1. The molecule has 4 rings (SSSR count). The van der Waals surface area contributed by atoms with Crippen LogP contribution < -0.4 is 19.1 Å². The molecular formula is C32H38FN3O6S. The Morgan fingerprint density at radius 3 is 2.19 bits per heavy atom. The number of anilines is 1. The van der Waals surface area contributed by atoms with Crippen LogP contribution in [0.25, 0.3) is 0 Å². The molecule has 1 aliphatic carbocycles. The number of methoxy groups -OCH3 is 2. The van der Waals surface area contributed by atoms with Crippen molar-refractivity contribution in [1.29, 1.82) is 0 Å². The lowest BCUT2D eigenvalue weighted by Crippen LogP contribution is -2.52. The minimum Gasteiger partial charge on any atom is -0.493 e. The number of sulfonamides is 1. The van der Waals surface area contributed by atoms with E-state index in [-0.39, 0.29) is 34.8 Å². The van der Waals surface area contributed by atoms with Gasteiger partial charge in [-0.25, -0.2) is 12.8 Å². The van der Waals surface area contributed by atoms with E-state index >= 15 is 0 Å². The van der Waals surface area contributed by atoms with Crippen LogP contribution in [0, 0.1) is 12.7 Å². The molecule has 3 aromatic rings. The van der Waals surface area contributed by atoms with Crippen LogP contribution >= 0.6 is 0 Å². The zero-order valence-corrected chi connectivity index (χ0v) is 25.7. The molecule has 0 unspecified atom stereocenters. The summed E-state index contributed by atoms with van der Waals surface area (Å²) in [5.41, 5.74) is 1.64. The zero-order valence-electron chi connectivity index (χ0n) is 24.9. The maximum absolute atomic E-state index is 14.1. The van der Waals surface area contributed by atoms with Gasteiger partial charge in [-0.05, 0) is 68.7 Å². The fraction of sp³-hybridized carbons (Fsp3) is 0.375. The van der Waals surface area contributed by atoms with Gasteiger partial charge in [0.2, 0.25) is 11.8 Å².